The van der Waals surface area contributed by atoms with Crippen LogP contribution in [0.15, 0.2) is 0 Å². The zero-order valence-corrected chi connectivity index (χ0v) is 18.1. The fourth-order valence-corrected chi connectivity index (χ4v) is 2.89. The van der Waals surface area contributed by atoms with Gasteiger partial charge in [0.25, 0.3) is 0 Å². The first kappa shape index (κ1) is 27.3. The topological polar surface area (TPSA) is 111 Å². The van der Waals surface area contributed by atoms with Crippen molar-refractivity contribution in [3.63, 3.8) is 0 Å². The maximum Gasteiger partial charge on any atom is 0.397 e. The standard InChI is InChI=1S/C19H39NO7S/c1-2-3-4-5-6-7-8-9-10-12-19(21)20-13-11-14-25-15-16-26-17-18-27-28(22,23)24/h2-18H2,1H3,(H,20,21)(H,22,23,24). The fraction of sp³-hybridized carbons (Fsp3) is 0.947. The van der Waals surface area contributed by atoms with Gasteiger partial charge in [0.15, 0.2) is 0 Å². The van der Waals surface area contributed by atoms with Gasteiger partial charge in [0, 0.05) is 19.6 Å². The van der Waals surface area contributed by atoms with Crippen LogP contribution in [0, 0.1) is 0 Å². The minimum Gasteiger partial charge on any atom is -0.379 e. The molecule has 2 N–H and O–H groups in total. The van der Waals surface area contributed by atoms with Gasteiger partial charge in [-0.05, 0) is 12.8 Å². The van der Waals surface area contributed by atoms with Gasteiger partial charge in [-0.25, -0.2) is 4.18 Å². The second kappa shape index (κ2) is 19.6. The van der Waals surface area contributed by atoms with Crippen LogP contribution >= 0.6 is 0 Å². The van der Waals surface area contributed by atoms with Gasteiger partial charge in [0.1, 0.15) is 0 Å². The van der Waals surface area contributed by atoms with E-state index in [0.29, 0.717) is 32.8 Å². The number of nitrogens with one attached hydrogen (secondary N) is 1. The molecule has 0 aromatic heterocycles. The Morgan fingerprint density at radius 3 is 1.93 bits per heavy atom. The zero-order valence-electron chi connectivity index (χ0n) is 17.3. The van der Waals surface area contributed by atoms with Crippen molar-refractivity contribution in [2.24, 2.45) is 0 Å². The zero-order chi connectivity index (χ0) is 20.9. The largest absolute Gasteiger partial charge is 0.397 e. The molecule has 0 heterocycles. The molecule has 0 spiro atoms. The number of rotatable bonds is 21. The SMILES string of the molecule is CCCCCCCCCCCC(=O)NCCCOCCOCCOS(=O)(=O)O. The van der Waals surface area contributed by atoms with E-state index in [1.807, 2.05) is 0 Å². The van der Waals surface area contributed by atoms with Crippen LogP contribution in [-0.2, 0) is 28.9 Å². The average molecular weight is 426 g/mol. The van der Waals surface area contributed by atoms with Crippen LogP contribution in [0.4, 0.5) is 0 Å². The van der Waals surface area contributed by atoms with E-state index in [9.17, 15) is 13.2 Å². The molecule has 0 saturated carbocycles. The lowest BCUT2D eigenvalue weighted by molar-refractivity contribution is -0.121. The highest BCUT2D eigenvalue weighted by Crippen LogP contribution is 2.10. The van der Waals surface area contributed by atoms with Gasteiger partial charge in [-0.3, -0.25) is 9.35 Å². The molecule has 0 rings (SSSR count). The number of carbonyl (C=O) groups excluding carboxylic acids is 1. The molecule has 0 aliphatic heterocycles. The van der Waals surface area contributed by atoms with Crippen molar-refractivity contribution in [3.05, 3.63) is 0 Å². The highest BCUT2D eigenvalue weighted by molar-refractivity contribution is 7.80. The second-order valence-corrected chi connectivity index (χ2v) is 7.85. The Morgan fingerprint density at radius 2 is 1.32 bits per heavy atom. The Balaban J connectivity index is 3.21. The van der Waals surface area contributed by atoms with Crippen molar-refractivity contribution in [3.8, 4) is 0 Å². The van der Waals surface area contributed by atoms with Crippen molar-refractivity contribution < 1.29 is 31.4 Å². The average Bonchev–Trinajstić information content (AvgIpc) is 2.64. The van der Waals surface area contributed by atoms with Crippen molar-refractivity contribution in [1.82, 2.24) is 5.32 Å². The first-order valence-electron chi connectivity index (χ1n) is 10.5. The molecule has 0 aliphatic rings. The fourth-order valence-electron chi connectivity index (χ4n) is 2.61. The molecule has 168 valence electrons. The molecule has 0 radical (unpaired) electrons. The molecule has 0 aliphatic carbocycles. The van der Waals surface area contributed by atoms with Crippen LogP contribution < -0.4 is 5.32 Å². The molecular formula is C19H39NO7S. The number of unbranched alkanes of at least 4 members (excludes halogenated alkanes) is 8. The molecule has 0 fully saturated rings. The van der Waals surface area contributed by atoms with Gasteiger partial charge in [-0.15, -0.1) is 0 Å². The lowest BCUT2D eigenvalue weighted by Gasteiger charge is -2.07. The summed E-state index contributed by atoms with van der Waals surface area (Å²) in [4.78, 5) is 11.7. The van der Waals surface area contributed by atoms with Crippen LogP contribution in [0.25, 0.3) is 0 Å². The summed E-state index contributed by atoms with van der Waals surface area (Å²) >= 11 is 0. The Labute approximate surface area is 170 Å². The van der Waals surface area contributed by atoms with Crippen LogP contribution in [0.2, 0.25) is 0 Å². The van der Waals surface area contributed by atoms with Crippen molar-refractivity contribution in [2.45, 2.75) is 77.6 Å². The summed E-state index contributed by atoms with van der Waals surface area (Å²) in [6.45, 7) is 3.84. The summed E-state index contributed by atoms with van der Waals surface area (Å²) in [5.41, 5.74) is 0. The van der Waals surface area contributed by atoms with Gasteiger partial charge in [0.2, 0.25) is 5.91 Å². The maximum absolute atomic E-state index is 11.7. The molecule has 28 heavy (non-hydrogen) atoms. The summed E-state index contributed by atoms with van der Waals surface area (Å²) < 4.78 is 43.4. The van der Waals surface area contributed by atoms with Crippen LogP contribution in [0.5, 0.6) is 0 Å². The number of ether oxygens (including phenoxy) is 2. The third-order valence-corrected chi connectivity index (χ3v) is 4.59. The Morgan fingerprint density at radius 1 is 0.786 bits per heavy atom. The molecule has 1 amide bonds. The smallest absolute Gasteiger partial charge is 0.379 e. The molecular weight excluding hydrogens is 386 g/mol. The van der Waals surface area contributed by atoms with E-state index in [0.717, 1.165) is 19.3 Å². The summed E-state index contributed by atoms with van der Waals surface area (Å²) in [5, 5.41) is 2.89. The molecule has 0 saturated heterocycles. The van der Waals surface area contributed by atoms with Gasteiger partial charge in [-0.1, -0.05) is 58.3 Å². The van der Waals surface area contributed by atoms with Gasteiger partial charge < -0.3 is 14.8 Å². The van der Waals surface area contributed by atoms with E-state index in [4.69, 9.17) is 14.0 Å². The van der Waals surface area contributed by atoms with E-state index in [-0.39, 0.29) is 19.1 Å². The first-order chi connectivity index (χ1) is 13.5. The lowest BCUT2D eigenvalue weighted by Crippen LogP contribution is -2.25. The molecule has 0 bridgehead atoms. The van der Waals surface area contributed by atoms with E-state index in [2.05, 4.69) is 16.4 Å². The van der Waals surface area contributed by atoms with E-state index in [1.54, 1.807) is 0 Å². The highest BCUT2D eigenvalue weighted by atomic mass is 32.3. The quantitative estimate of drug-likeness (QED) is 0.214. The van der Waals surface area contributed by atoms with E-state index >= 15 is 0 Å². The normalized spacial score (nSPS) is 11.6. The van der Waals surface area contributed by atoms with Crippen LogP contribution in [-0.4, -0.2) is 58.5 Å². The summed E-state index contributed by atoms with van der Waals surface area (Å²) in [5.74, 6) is 0.102. The first-order valence-corrected chi connectivity index (χ1v) is 11.9. The number of carbonyl (C=O) groups is 1. The minimum absolute atomic E-state index is 0.0536. The van der Waals surface area contributed by atoms with Crippen molar-refractivity contribution >= 4 is 16.3 Å². The predicted octanol–water partition coefficient (Wildman–Crippen LogP) is 3.27. The highest BCUT2D eigenvalue weighted by Gasteiger charge is 2.03. The molecule has 0 aromatic carbocycles. The third kappa shape index (κ3) is 23.3. The molecule has 0 unspecified atom stereocenters. The predicted molar refractivity (Wildman–Crippen MR) is 109 cm³/mol. The molecule has 0 aromatic rings. The monoisotopic (exact) mass is 425 g/mol. The van der Waals surface area contributed by atoms with Crippen molar-refractivity contribution in [2.75, 3.05) is 39.6 Å². The molecule has 8 nitrogen and oxygen atoms in total. The van der Waals surface area contributed by atoms with Crippen LogP contribution in [0.1, 0.15) is 77.6 Å². The van der Waals surface area contributed by atoms with Crippen molar-refractivity contribution in [1.29, 1.82) is 0 Å². The van der Waals surface area contributed by atoms with E-state index in [1.165, 1.54) is 44.9 Å². The maximum atomic E-state index is 11.7. The Hall–Kier alpha value is -0.740. The second-order valence-electron chi connectivity index (χ2n) is 6.76. The summed E-state index contributed by atoms with van der Waals surface area (Å²) in [6, 6.07) is 0. The Bertz CT molecular complexity index is 457. The summed E-state index contributed by atoms with van der Waals surface area (Å²) in [7, 11) is -4.40. The van der Waals surface area contributed by atoms with Gasteiger partial charge in [0.05, 0.1) is 26.4 Å². The molecule has 9 heteroatoms. The molecule has 0 atom stereocenters. The Kier molecular flexibility index (Phi) is 19.1. The number of amides is 1. The van der Waals surface area contributed by atoms with Crippen LogP contribution in [0.3, 0.4) is 0 Å². The van der Waals surface area contributed by atoms with Gasteiger partial charge in [-0.2, -0.15) is 8.42 Å². The summed E-state index contributed by atoms with van der Waals surface area (Å²) in [6.07, 6.45) is 12.5. The number of hydrogen-bond acceptors (Lipinski definition) is 6. The number of hydrogen-bond donors (Lipinski definition) is 2. The lowest BCUT2D eigenvalue weighted by atomic mass is 10.1. The van der Waals surface area contributed by atoms with Gasteiger partial charge >= 0.3 is 10.4 Å². The minimum atomic E-state index is -4.40. The third-order valence-electron chi connectivity index (χ3n) is 4.13. The van der Waals surface area contributed by atoms with E-state index < -0.39 is 10.4 Å².